The van der Waals surface area contributed by atoms with E-state index >= 15 is 0 Å². The quantitative estimate of drug-likeness (QED) is 0.155. The van der Waals surface area contributed by atoms with Gasteiger partial charge in [0.25, 0.3) is 0 Å². The molecule has 2 aliphatic rings. The molecule has 4 N–H and O–H groups in total. The van der Waals surface area contributed by atoms with Gasteiger partial charge in [-0.25, -0.2) is 14.8 Å². The van der Waals surface area contributed by atoms with Crippen LogP contribution in [0.3, 0.4) is 0 Å². The number of hydrogen-bond acceptors (Lipinski definition) is 9. The molecule has 9 nitrogen and oxygen atoms in total. The Kier molecular flexibility index (Phi) is 13.4. The number of phenolic OH excluding ortho intramolecular Hbond substituents is 1. The predicted molar refractivity (Wildman–Crippen MR) is 178 cm³/mol. The number of aliphatic hydroxyl groups is 1. The summed E-state index contributed by atoms with van der Waals surface area (Å²) < 4.78 is 19.6. The molecule has 234 valence electrons. The molecule has 1 aromatic heterocycles. The highest BCUT2D eigenvalue weighted by Crippen LogP contribution is 2.28. The average Bonchev–Trinajstić information content (AvgIpc) is 3.25. The summed E-state index contributed by atoms with van der Waals surface area (Å²) in [6.45, 7) is 12.3. The highest BCUT2D eigenvalue weighted by Gasteiger charge is 2.18. The van der Waals surface area contributed by atoms with E-state index in [0.717, 1.165) is 46.3 Å². The Balaban J connectivity index is 0.00000127. The third-order valence-corrected chi connectivity index (χ3v) is 6.60. The minimum absolute atomic E-state index is 0.125. The zero-order valence-corrected chi connectivity index (χ0v) is 26.1. The molecule has 0 spiro atoms. The van der Waals surface area contributed by atoms with Crippen LogP contribution in [0.2, 0.25) is 0 Å². The molecule has 5 rings (SSSR count). The molecule has 0 unspecified atom stereocenters. The molecule has 1 aliphatic heterocycles. The van der Waals surface area contributed by atoms with Crippen molar-refractivity contribution in [3.8, 4) is 5.75 Å². The summed E-state index contributed by atoms with van der Waals surface area (Å²) in [6, 6.07) is 12.9. The Hall–Kier alpha value is -4.70. The second-order valence-electron chi connectivity index (χ2n) is 9.38. The fraction of sp³-hybridized carbons (Fsp3) is 0.324. The Labute approximate surface area is 259 Å². The third-order valence-electron chi connectivity index (χ3n) is 6.60. The van der Waals surface area contributed by atoms with Gasteiger partial charge in [-0.3, -0.25) is 0 Å². The number of nitrogens with one attached hydrogen (secondary N) is 2. The van der Waals surface area contributed by atoms with Gasteiger partial charge in [-0.15, -0.1) is 0 Å². The van der Waals surface area contributed by atoms with Crippen LogP contribution in [0.15, 0.2) is 83.4 Å². The molecular formula is C34H43FN6O3. The van der Waals surface area contributed by atoms with Gasteiger partial charge in [-0.05, 0) is 65.4 Å². The van der Waals surface area contributed by atoms with Gasteiger partial charge in [0.05, 0.1) is 25.6 Å². The maximum Gasteiger partial charge on any atom is 0.245 e. The molecule has 1 aliphatic carbocycles. The first-order chi connectivity index (χ1) is 21.5. The predicted octanol–water partition coefficient (Wildman–Crippen LogP) is 7.44. The number of hydrogen-bond donors (Lipinski definition) is 4. The van der Waals surface area contributed by atoms with Crippen molar-refractivity contribution in [3.05, 3.63) is 101 Å². The van der Waals surface area contributed by atoms with E-state index in [0.29, 0.717) is 32.7 Å². The maximum absolute atomic E-state index is 14.3. The number of aromatic nitrogens is 2. The monoisotopic (exact) mass is 602 g/mol. The first kappa shape index (κ1) is 33.8. The SMILES string of the molecule is CC.CC.CCc1cc(NC2=CCC(c3cccc(O)c3)=CC(O)=C2)ccc1/C=N/Nc1ncc(F)c(N2CCOCC2)n1. The fourth-order valence-corrected chi connectivity index (χ4v) is 4.56. The Morgan fingerprint density at radius 2 is 1.82 bits per heavy atom. The fourth-order valence-electron chi connectivity index (χ4n) is 4.56. The molecule has 0 saturated carbocycles. The number of hydrazone groups is 1. The van der Waals surface area contributed by atoms with Gasteiger partial charge < -0.3 is 25.2 Å². The molecule has 2 aromatic carbocycles. The van der Waals surface area contributed by atoms with Crippen LogP contribution >= 0.6 is 0 Å². The number of rotatable bonds is 8. The first-order valence-corrected chi connectivity index (χ1v) is 15.1. The highest BCUT2D eigenvalue weighted by atomic mass is 19.1. The minimum atomic E-state index is -0.480. The Morgan fingerprint density at radius 1 is 1.05 bits per heavy atom. The summed E-state index contributed by atoms with van der Waals surface area (Å²) in [7, 11) is 0. The van der Waals surface area contributed by atoms with Crippen LogP contribution in [-0.2, 0) is 11.2 Å². The molecule has 0 atom stereocenters. The number of aliphatic hydroxyl groups excluding tert-OH is 1. The van der Waals surface area contributed by atoms with Crippen molar-refractivity contribution in [2.75, 3.05) is 41.9 Å². The minimum Gasteiger partial charge on any atom is -0.508 e. The first-order valence-electron chi connectivity index (χ1n) is 15.1. The number of ether oxygens (including phenoxy) is 1. The largest absolute Gasteiger partial charge is 0.508 e. The normalized spacial score (nSPS) is 14.6. The smallest absolute Gasteiger partial charge is 0.245 e. The molecular weight excluding hydrogens is 559 g/mol. The number of anilines is 3. The van der Waals surface area contributed by atoms with Crippen molar-refractivity contribution in [2.24, 2.45) is 5.10 Å². The van der Waals surface area contributed by atoms with Gasteiger partial charge in [0.15, 0.2) is 11.6 Å². The number of aryl methyl sites for hydroxylation is 1. The average molecular weight is 603 g/mol. The third kappa shape index (κ3) is 9.40. The summed E-state index contributed by atoms with van der Waals surface area (Å²) in [4.78, 5) is 10.1. The van der Waals surface area contributed by atoms with E-state index in [-0.39, 0.29) is 23.3 Å². The van der Waals surface area contributed by atoms with Crippen molar-refractivity contribution < 1.29 is 19.3 Å². The van der Waals surface area contributed by atoms with E-state index in [4.69, 9.17) is 4.74 Å². The number of benzene rings is 2. The maximum atomic E-state index is 14.3. The van der Waals surface area contributed by atoms with Crippen molar-refractivity contribution in [1.29, 1.82) is 0 Å². The number of nitrogens with zero attached hydrogens (tertiary/aromatic N) is 4. The zero-order chi connectivity index (χ0) is 31.9. The lowest BCUT2D eigenvalue weighted by atomic mass is 10.0. The van der Waals surface area contributed by atoms with Crippen LogP contribution in [-0.4, -0.2) is 52.7 Å². The molecule has 0 amide bonds. The summed E-state index contributed by atoms with van der Waals surface area (Å²) in [5, 5.41) is 27.9. The molecule has 1 saturated heterocycles. The summed E-state index contributed by atoms with van der Waals surface area (Å²) in [5.41, 5.74) is 8.17. The standard InChI is InChI=1S/C30H31FN6O3.2C2H6/c1-2-20-14-24(34-25-8-6-22(16-27(39)17-25)21-4-3-5-26(38)15-21)9-7-23(20)18-33-36-30-32-19-28(31)29(35-30)37-10-12-40-13-11-37;2*1-2/h3-5,7-9,14-19,34,38-39H,2,6,10-13H2,1H3,(H,32,35,36);2*1-2H3/b33-18+;;. The van der Waals surface area contributed by atoms with Crippen molar-refractivity contribution in [2.45, 2.75) is 47.5 Å². The molecule has 10 heteroatoms. The lowest BCUT2D eigenvalue weighted by molar-refractivity contribution is 0.122. The lowest BCUT2D eigenvalue weighted by Gasteiger charge is -2.27. The topological polar surface area (TPSA) is 115 Å². The van der Waals surface area contributed by atoms with Crippen molar-refractivity contribution in [1.82, 2.24) is 9.97 Å². The van der Waals surface area contributed by atoms with Crippen LogP contribution in [0.25, 0.3) is 5.57 Å². The van der Waals surface area contributed by atoms with Gasteiger partial charge in [-0.1, -0.05) is 58.9 Å². The number of halogens is 1. The summed E-state index contributed by atoms with van der Waals surface area (Å²) >= 11 is 0. The Bertz CT molecular complexity index is 1500. The van der Waals surface area contributed by atoms with Crippen LogP contribution in [0.5, 0.6) is 5.75 Å². The van der Waals surface area contributed by atoms with Gasteiger partial charge in [0.1, 0.15) is 11.5 Å². The van der Waals surface area contributed by atoms with E-state index in [1.54, 1.807) is 36.6 Å². The van der Waals surface area contributed by atoms with Gasteiger partial charge >= 0.3 is 0 Å². The molecule has 2 heterocycles. The summed E-state index contributed by atoms with van der Waals surface area (Å²) in [6.07, 6.45) is 9.57. The van der Waals surface area contributed by atoms with E-state index in [1.165, 1.54) is 0 Å². The van der Waals surface area contributed by atoms with E-state index < -0.39 is 5.82 Å². The Morgan fingerprint density at radius 3 is 2.55 bits per heavy atom. The second kappa shape index (κ2) is 17.4. The van der Waals surface area contributed by atoms with Crippen LogP contribution in [0.1, 0.15) is 57.7 Å². The van der Waals surface area contributed by atoms with Gasteiger partial charge in [0.2, 0.25) is 5.95 Å². The molecule has 1 fully saturated rings. The highest BCUT2D eigenvalue weighted by molar-refractivity contribution is 5.83. The molecule has 3 aromatic rings. The number of allylic oxidation sites excluding steroid dienone is 4. The molecule has 0 bridgehead atoms. The second-order valence-corrected chi connectivity index (χ2v) is 9.38. The zero-order valence-electron chi connectivity index (χ0n) is 26.1. The van der Waals surface area contributed by atoms with Crippen LogP contribution in [0, 0.1) is 5.82 Å². The lowest BCUT2D eigenvalue weighted by Crippen LogP contribution is -2.37. The van der Waals surface area contributed by atoms with E-state index in [1.807, 2.05) is 62.9 Å². The van der Waals surface area contributed by atoms with Crippen LogP contribution < -0.4 is 15.6 Å². The number of morpholine rings is 1. The van der Waals surface area contributed by atoms with Crippen molar-refractivity contribution in [3.63, 3.8) is 0 Å². The van der Waals surface area contributed by atoms with Crippen molar-refractivity contribution >= 4 is 29.2 Å². The van der Waals surface area contributed by atoms with E-state index in [9.17, 15) is 14.6 Å². The van der Waals surface area contributed by atoms with E-state index in [2.05, 4.69) is 32.7 Å². The summed E-state index contributed by atoms with van der Waals surface area (Å²) in [5.74, 6) is 0.271. The van der Waals surface area contributed by atoms with Gasteiger partial charge in [0, 0.05) is 30.5 Å². The number of phenols is 1. The van der Waals surface area contributed by atoms with Crippen LogP contribution in [0.4, 0.5) is 21.8 Å². The number of aromatic hydroxyl groups is 1. The molecule has 44 heavy (non-hydrogen) atoms. The molecule has 0 radical (unpaired) electrons. The van der Waals surface area contributed by atoms with Gasteiger partial charge in [-0.2, -0.15) is 10.1 Å².